The fraction of sp³-hybridized carbons (Fsp3) is 0.526. The Morgan fingerprint density at radius 2 is 2.07 bits per heavy atom. The van der Waals surface area contributed by atoms with Gasteiger partial charge in [0.2, 0.25) is 0 Å². The van der Waals surface area contributed by atoms with Crippen molar-refractivity contribution in [3.05, 3.63) is 45.7 Å². The maximum absolute atomic E-state index is 12.6. The van der Waals surface area contributed by atoms with Crippen LogP contribution < -0.4 is 4.74 Å². The summed E-state index contributed by atoms with van der Waals surface area (Å²) >= 11 is 0. The normalized spacial score (nSPS) is 23.5. The van der Waals surface area contributed by atoms with Gasteiger partial charge < -0.3 is 19.5 Å². The van der Waals surface area contributed by atoms with Gasteiger partial charge in [0.15, 0.2) is 0 Å². The van der Waals surface area contributed by atoms with Crippen molar-refractivity contribution in [3.8, 4) is 5.75 Å². The first kappa shape index (κ1) is 19.2. The first-order chi connectivity index (χ1) is 12.9. The van der Waals surface area contributed by atoms with Gasteiger partial charge in [-0.15, -0.1) is 0 Å². The van der Waals surface area contributed by atoms with Crippen LogP contribution in [-0.4, -0.2) is 45.7 Å². The predicted octanol–water partition coefficient (Wildman–Crippen LogP) is 2.71. The lowest BCUT2D eigenvalue weighted by Gasteiger charge is -2.48. The molecule has 0 saturated heterocycles. The van der Waals surface area contributed by atoms with Crippen molar-refractivity contribution in [2.45, 2.75) is 51.4 Å². The summed E-state index contributed by atoms with van der Waals surface area (Å²) in [5, 5.41) is 22.4. The van der Waals surface area contributed by atoms with Crippen LogP contribution in [0.2, 0.25) is 0 Å². The monoisotopic (exact) mass is 376 g/mol. The number of nitrogens with zero attached hydrogens (tertiary/aromatic N) is 2. The van der Waals surface area contributed by atoms with Gasteiger partial charge in [-0.1, -0.05) is 13.8 Å². The number of hydrogen-bond acceptors (Lipinski definition) is 6. The molecule has 2 aliphatic rings. The number of ether oxygens (including phenoxy) is 2. The minimum Gasteiger partial charge on any atom is -0.496 e. The number of aliphatic hydroxyl groups is 1. The molecule has 0 radical (unpaired) electrons. The number of non-ortho nitro benzene ring substituents is 1. The highest BCUT2D eigenvalue weighted by Crippen LogP contribution is 2.47. The number of carbonyl (C=O) groups excluding carboxylic acids is 1. The molecule has 1 amide bonds. The molecular formula is C19H24N2O6. The SMILES string of the molecule is CCOC1=CC(=O)N(C2c3cc([N+](=O)[O-])ccc3OC(CC)(CC)C2O)C1. The molecule has 1 N–H and O–H groups in total. The van der Waals surface area contributed by atoms with Gasteiger partial charge in [0.25, 0.3) is 11.6 Å². The summed E-state index contributed by atoms with van der Waals surface area (Å²) < 4.78 is 11.6. The molecule has 2 unspecified atom stereocenters. The number of hydrogen-bond donors (Lipinski definition) is 1. The van der Waals surface area contributed by atoms with Crippen molar-refractivity contribution >= 4 is 11.6 Å². The van der Waals surface area contributed by atoms with Crippen LogP contribution in [0.5, 0.6) is 5.75 Å². The van der Waals surface area contributed by atoms with Crippen LogP contribution in [0, 0.1) is 10.1 Å². The third-order valence-corrected chi connectivity index (χ3v) is 5.43. The molecule has 0 aliphatic carbocycles. The number of benzene rings is 1. The maximum Gasteiger partial charge on any atom is 0.270 e. The van der Waals surface area contributed by atoms with E-state index in [2.05, 4.69) is 0 Å². The zero-order valence-electron chi connectivity index (χ0n) is 15.7. The van der Waals surface area contributed by atoms with Crippen LogP contribution in [0.15, 0.2) is 30.0 Å². The average Bonchev–Trinajstić information content (AvgIpc) is 3.01. The van der Waals surface area contributed by atoms with Crippen molar-refractivity contribution in [2.75, 3.05) is 13.2 Å². The third kappa shape index (κ3) is 3.14. The standard InChI is InChI=1S/C19H24N2O6/c1-4-19(5-2)18(23)17(20-11-13(26-6-3)10-16(20)22)14-9-12(21(24)25)7-8-15(14)27-19/h7-10,17-18,23H,4-6,11H2,1-3H3. The quantitative estimate of drug-likeness (QED) is 0.605. The van der Waals surface area contributed by atoms with Crippen LogP contribution in [-0.2, 0) is 9.53 Å². The van der Waals surface area contributed by atoms with E-state index in [0.29, 0.717) is 36.5 Å². The van der Waals surface area contributed by atoms with E-state index >= 15 is 0 Å². The molecular weight excluding hydrogens is 352 g/mol. The molecule has 0 spiro atoms. The van der Waals surface area contributed by atoms with Crippen molar-refractivity contribution in [2.24, 2.45) is 0 Å². The van der Waals surface area contributed by atoms with Crippen LogP contribution in [0.25, 0.3) is 0 Å². The molecule has 3 rings (SSSR count). The summed E-state index contributed by atoms with van der Waals surface area (Å²) in [6, 6.07) is 3.54. The minimum atomic E-state index is -1.03. The molecule has 146 valence electrons. The van der Waals surface area contributed by atoms with Crippen molar-refractivity contribution < 1.29 is 24.3 Å². The number of carbonyl (C=O) groups is 1. The van der Waals surface area contributed by atoms with Crippen LogP contribution in [0.1, 0.15) is 45.2 Å². The number of nitro groups is 1. The second-order valence-corrected chi connectivity index (χ2v) is 6.75. The number of nitro benzene ring substituents is 1. The van der Waals surface area contributed by atoms with E-state index in [1.54, 1.807) is 6.07 Å². The van der Waals surface area contributed by atoms with Gasteiger partial charge in [-0.2, -0.15) is 0 Å². The van der Waals surface area contributed by atoms with Crippen LogP contribution >= 0.6 is 0 Å². The van der Waals surface area contributed by atoms with E-state index in [1.165, 1.54) is 23.1 Å². The number of rotatable bonds is 6. The Bertz CT molecular complexity index is 786. The molecule has 8 heteroatoms. The lowest BCUT2D eigenvalue weighted by atomic mass is 9.80. The molecule has 1 aromatic carbocycles. The largest absolute Gasteiger partial charge is 0.496 e. The summed E-state index contributed by atoms with van der Waals surface area (Å²) in [4.78, 5) is 24.8. The fourth-order valence-corrected chi connectivity index (χ4v) is 3.88. The Labute approximate surface area is 157 Å². The fourth-order valence-electron chi connectivity index (χ4n) is 3.88. The Hall–Kier alpha value is -2.61. The highest BCUT2D eigenvalue weighted by Gasteiger charge is 2.51. The van der Waals surface area contributed by atoms with Gasteiger partial charge >= 0.3 is 0 Å². The molecule has 2 atom stereocenters. The van der Waals surface area contributed by atoms with E-state index in [0.717, 1.165) is 0 Å². The lowest BCUT2D eigenvalue weighted by Crippen LogP contribution is -2.56. The minimum absolute atomic E-state index is 0.111. The molecule has 2 aliphatic heterocycles. The van der Waals surface area contributed by atoms with E-state index in [-0.39, 0.29) is 18.1 Å². The number of fused-ring (bicyclic) bond motifs is 1. The summed E-state index contributed by atoms with van der Waals surface area (Å²) in [5.74, 6) is 0.687. The van der Waals surface area contributed by atoms with E-state index in [4.69, 9.17) is 9.47 Å². The molecule has 0 aromatic heterocycles. The summed E-state index contributed by atoms with van der Waals surface area (Å²) in [6.45, 7) is 6.29. The predicted molar refractivity (Wildman–Crippen MR) is 97.2 cm³/mol. The zero-order chi connectivity index (χ0) is 19.8. The molecule has 0 bridgehead atoms. The Balaban J connectivity index is 2.09. The molecule has 1 aromatic rings. The number of amides is 1. The molecule has 0 fully saturated rings. The summed E-state index contributed by atoms with van der Waals surface area (Å²) in [6.07, 6.45) is 1.44. The van der Waals surface area contributed by atoms with Gasteiger partial charge in [-0.25, -0.2) is 0 Å². The van der Waals surface area contributed by atoms with Crippen LogP contribution in [0.4, 0.5) is 5.69 Å². The highest BCUT2D eigenvalue weighted by atomic mass is 16.6. The zero-order valence-corrected chi connectivity index (χ0v) is 15.7. The molecule has 27 heavy (non-hydrogen) atoms. The van der Waals surface area contributed by atoms with E-state index in [9.17, 15) is 20.0 Å². The molecule has 0 saturated carbocycles. The topological polar surface area (TPSA) is 102 Å². The highest BCUT2D eigenvalue weighted by molar-refractivity contribution is 5.91. The Morgan fingerprint density at radius 1 is 1.37 bits per heavy atom. The van der Waals surface area contributed by atoms with Crippen molar-refractivity contribution in [1.29, 1.82) is 0 Å². The number of aliphatic hydroxyl groups excluding tert-OH is 1. The summed E-state index contributed by atoms with van der Waals surface area (Å²) in [7, 11) is 0. The second kappa shape index (κ2) is 7.19. The van der Waals surface area contributed by atoms with Crippen molar-refractivity contribution in [3.63, 3.8) is 0 Å². The van der Waals surface area contributed by atoms with Gasteiger partial charge in [0.05, 0.1) is 24.1 Å². The van der Waals surface area contributed by atoms with Crippen LogP contribution in [0.3, 0.4) is 0 Å². The third-order valence-electron chi connectivity index (χ3n) is 5.43. The maximum atomic E-state index is 12.6. The Morgan fingerprint density at radius 3 is 2.67 bits per heavy atom. The van der Waals surface area contributed by atoms with Gasteiger partial charge in [-0.05, 0) is 25.8 Å². The van der Waals surface area contributed by atoms with E-state index in [1.807, 2.05) is 20.8 Å². The molecule has 8 nitrogen and oxygen atoms in total. The smallest absolute Gasteiger partial charge is 0.270 e. The van der Waals surface area contributed by atoms with Crippen molar-refractivity contribution in [1.82, 2.24) is 4.90 Å². The Kier molecular flexibility index (Phi) is 5.10. The first-order valence-electron chi connectivity index (χ1n) is 9.16. The van der Waals surface area contributed by atoms with Gasteiger partial charge in [-0.3, -0.25) is 14.9 Å². The van der Waals surface area contributed by atoms with E-state index < -0.39 is 22.7 Å². The average molecular weight is 376 g/mol. The lowest BCUT2D eigenvalue weighted by molar-refractivity contribution is -0.385. The van der Waals surface area contributed by atoms with Gasteiger partial charge in [0.1, 0.15) is 23.2 Å². The first-order valence-corrected chi connectivity index (χ1v) is 9.16. The second-order valence-electron chi connectivity index (χ2n) is 6.75. The molecule has 2 heterocycles. The van der Waals surface area contributed by atoms with Gasteiger partial charge in [0, 0.05) is 23.8 Å². The summed E-state index contributed by atoms with van der Waals surface area (Å²) in [5.41, 5.74) is -0.545.